The van der Waals surface area contributed by atoms with E-state index in [0.29, 0.717) is 12.0 Å². The smallest absolute Gasteiger partial charge is 0.399 e. The Morgan fingerprint density at radius 2 is 1.71 bits per heavy atom. The second-order valence-corrected chi connectivity index (χ2v) is 7.11. The van der Waals surface area contributed by atoms with E-state index in [4.69, 9.17) is 9.31 Å². The third kappa shape index (κ3) is 2.40. The van der Waals surface area contributed by atoms with Crippen LogP contribution in [0.4, 0.5) is 8.78 Å². The van der Waals surface area contributed by atoms with Crippen molar-refractivity contribution in [1.29, 1.82) is 0 Å². The first-order chi connectivity index (χ1) is 9.62. The van der Waals surface area contributed by atoms with Gasteiger partial charge in [0.05, 0.1) is 11.2 Å². The van der Waals surface area contributed by atoms with Crippen molar-refractivity contribution >= 4 is 12.6 Å². The first-order valence-electron chi connectivity index (χ1n) is 7.46. The van der Waals surface area contributed by atoms with Crippen LogP contribution < -0.4 is 5.46 Å². The molecule has 1 aliphatic heterocycles. The average Bonchev–Trinajstić information content (AvgIpc) is 2.58. The number of alkyl halides is 2. The van der Waals surface area contributed by atoms with Crippen LogP contribution in [-0.2, 0) is 9.31 Å². The van der Waals surface area contributed by atoms with E-state index in [1.807, 2.05) is 39.8 Å². The van der Waals surface area contributed by atoms with Gasteiger partial charge in [0.2, 0.25) is 0 Å². The fraction of sp³-hybridized carbons (Fsp3) is 0.625. The number of hydrogen-bond donors (Lipinski definition) is 0. The topological polar surface area (TPSA) is 18.5 Å². The molecule has 0 radical (unpaired) electrons. The van der Waals surface area contributed by atoms with Gasteiger partial charge in [-0.3, -0.25) is 0 Å². The summed E-state index contributed by atoms with van der Waals surface area (Å²) < 4.78 is 39.1. The molecule has 3 rings (SSSR count). The molecule has 0 aromatic heterocycles. The summed E-state index contributed by atoms with van der Waals surface area (Å²) in [6.07, 6.45) is 0.526. The molecule has 0 bridgehead atoms. The summed E-state index contributed by atoms with van der Waals surface area (Å²) in [6, 6.07) is 7.26. The number of hydrogen-bond acceptors (Lipinski definition) is 2. The van der Waals surface area contributed by atoms with Crippen molar-refractivity contribution in [2.24, 2.45) is 0 Å². The molecular weight excluding hydrogens is 273 g/mol. The predicted octanol–water partition coefficient (Wildman–Crippen LogP) is 3.50. The highest BCUT2D eigenvalue weighted by Crippen LogP contribution is 2.49. The fourth-order valence-electron chi connectivity index (χ4n) is 2.82. The Hall–Kier alpha value is -0.935. The molecule has 1 aromatic carbocycles. The zero-order chi connectivity index (χ0) is 15.5. The van der Waals surface area contributed by atoms with Crippen LogP contribution in [0.15, 0.2) is 24.3 Å². The fourth-order valence-corrected chi connectivity index (χ4v) is 2.82. The van der Waals surface area contributed by atoms with E-state index in [2.05, 4.69) is 0 Å². The van der Waals surface area contributed by atoms with E-state index in [1.54, 1.807) is 12.1 Å². The van der Waals surface area contributed by atoms with Crippen LogP contribution in [0.1, 0.15) is 52.0 Å². The summed E-state index contributed by atoms with van der Waals surface area (Å²) >= 11 is 0. The van der Waals surface area contributed by atoms with Gasteiger partial charge in [0.1, 0.15) is 0 Å². The van der Waals surface area contributed by atoms with Crippen molar-refractivity contribution < 1.29 is 18.1 Å². The van der Waals surface area contributed by atoms with Crippen molar-refractivity contribution in [3.05, 3.63) is 29.8 Å². The number of halogens is 2. The normalized spacial score (nSPS) is 29.2. The zero-order valence-electron chi connectivity index (χ0n) is 13.0. The Balaban J connectivity index is 1.85. The molecule has 0 amide bonds. The molecular formula is C16H21BF2O2. The minimum Gasteiger partial charge on any atom is -0.399 e. The monoisotopic (exact) mass is 294 g/mol. The second-order valence-electron chi connectivity index (χ2n) is 7.11. The zero-order valence-corrected chi connectivity index (χ0v) is 13.0. The van der Waals surface area contributed by atoms with Crippen molar-refractivity contribution in [2.45, 2.75) is 63.6 Å². The molecule has 2 aliphatic rings. The SMILES string of the molecule is CC1(C)OB(c2cccc(C3CCC3(F)F)c2)OC1(C)C. The van der Waals surface area contributed by atoms with Crippen LogP contribution in [0.5, 0.6) is 0 Å². The average molecular weight is 294 g/mol. The Bertz CT molecular complexity index is 541. The van der Waals surface area contributed by atoms with Gasteiger partial charge in [-0.15, -0.1) is 0 Å². The minimum atomic E-state index is -2.57. The molecule has 1 atom stereocenters. The van der Waals surface area contributed by atoms with Crippen molar-refractivity contribution in [2.75, 3.05) is 0 Å². The summed E-state index contributed by atoms with van der Waals surface area (Å²) in [7, 11) is -0.497. The van der Waals surface area contributed by atoms with Gasteiger partial charge in [-0.05, 0) is 45.1 Å². The third-order valence-electron chi connectivity index (χ3n) is 5.11. The molecule has 114 valence electrons. The Morgan fingerprint density at radius 3 is 2.19 bits per heavy atom. The molecule has 21 heavy (non-hydrogen) atoms. The Kier molecular flexibility index (Phi) is 3.23. The lowest BCUT2D eigenvalue weighted by molar-refractivity contribution is -0.0962. The van der Waals surface area contributed by atoms with E-state index in [-0.39, 0.29) is 6.42 Å². The standard InChI is InChI=1S/C16H21BF2O2/c1-14(2)15(3,4)21-17(20-14)12-7-5-6-11(10-12)13-8-9-16(13,18)19/h5-7,10,13H,8-9H2,1-4H3. The van der Waals surface area contributed by atoms with Crippen molar-refractivity contribution in [3.8, 4) is 0 Å². The van der Waals surface area contributed by atoms with Gasteiger partial charge in [0.15, 0.2) is 0 Å². The highest BCUT2D eigenvalue weighted by atomic mass is 19.3. The van der Waals surface area contributed by atoms with Crippen LogP contribution in [0.25, 0.3) is 0 Å². The third-order valence-corrected chi connectivity index (χ3v) is 5.11. The molecule has 1 unspecified atom stereocenters. The summed E-state index contributed by atoms with van der Waals surface area (Å²) in [6.45, 7) is 7.93. The van der Waals surface area contributed by atoms with E-state index < -0.39 is 30.2 Å². The van der Waals surface area contributed by atoms with Crippen molar-refractivity contribution in [3.63, 3.8) is 0 Å². The molecule has 1 saturated carbocycles. The Morgan fingerprint density at radius 1 is 1.10 bits per heavy atom. The van der Waals surface area contributed by atoms with Gasteiger partial charge in [0.25, 0.3) is 5.92 Å². The number of benzene rings is 1. The molecule has 1 heterocycles. The van der Waals surface area contributed by atoms with Gasteiger partial charge in [-0.2, -0.15) is 0 Å². The van der Waals surface area contributed by atoms with Gasteiger partial charge in [-0.1, -0.05) is 24.3 Å². The summed E-state index contributed by atoms with van der Waals surface area (Å²) in [5, 5.41) is 0. The Labute approximate surface area is 125 Å². The lowest BCUT2D eigenvalue weighted by Crippen LogP contribution is -2.41. The van der Waals surface area contributed by atoms with Gasteiger partial charge in [-0.25, -0.2) is 8.78 Å². The molecule has 1 saturated heterocycles. The minimum absolute atomic E-state index is 0.0155. The lowest BCUT2D eigenvalue weighted by atomic mass is 9.72. The van der Waals surface area contributed by atoms with Gasteiger partial charge < -0.3 is 9.31 Å². The largest absolute Gasteiger partial charge is 0.494 e. The summed E-state index contributed by atoms with van der Waals surface area (Å²) in [4.78, 5) is 0. The van der Waals surface area contributed by atoms with Gasteiger partial charge >= 0.3 is 7.12 Å². The summed E-state index contributed by atoms with van der Waals surface area (Å²) in [5.41, 5.74) is 0.648. The molecule has 1 aliphatic carbocycles. The molecule has 0 N–H and O–H groups in total. The van der Waals surface area contributed by atoms with E-state index in [0.717, 1.165) is 5.46 Å². The van der Waals surface area contributed by atoms with Crippen LogP contribution >= 0.6 is 0 Å². The highest BCUT2D eigenvalue weighted by Gasteiger charge is 2.52. The first-order valence-corrected chi connectivity index (χ1v) is 7.46. The summed E-state index contributed by atoms with van der Waals surface area (Å²) in [5.74, 6) is -3.24. The van der Waals surface area contributed by atoms with Crippen LogP contribution in [0, 0.1) is 0 Å². The quantitative estimate of drug-likeness (QED) is 0.777. The first kappa shape index (κ1) is 15.0. The lowest BCUT2D eigenvalue weighted by Gasteiger charge is -2.36. The molecule has 5 heteroatoms. The van der Waals surface area contributed by atoms with E-state index in [1.165, 1.54) is 0 Å². The predicted molar refractivity (Wildman–Crippen MR) is 79.1 cm³/mol. The maximum absolute atomic E-state index is 13.6. The molecule has 0 spiro atoms. The van der Waals surface area contributed by atoms with Gasteiger partial charge in [0, 0.05) is 12.3 Å². The van der Waals surface area contributed by atoms with Crippen LogP contribution in [0.2, 0.25) is 0 Å². The maximum atomic E-state index is 13.6. The maximum Gasteiger partial charge on any atom is 0.494 e. The van der Waals surface area contributed by atoms with Crippen LogP contribution in [0.3, 0.4) is 0 Å². The number of rotatable bonds is 2. The van der Waals surface area contributed by atoms with Crippen LogP contribution in [-0.4, -0.2) is 24.2 Å². The molecule has 2 nitrogen and oxygen atoms in total. The van der Waals surface area contributed by atoms with Crippen molar-refractivity contribution in [1.82, 2.24) is 0 Å². The second kappa shape index (κ2) is 4.53. The molecule has 1 aromatic rings. The highest BCUT2D eigenvalue weighted by molar-refractivity contribution is 6.62. The van der Waals surface area contributed by atoms with E-state index in [9.17, 15) is 8.78 Å². The van der Waals surface area contributed by atoms with E-state index >= 15 is 0 Å². The molecule has 2 fully saturated rings.